The van der Waals surface area contributed by atoms with Gasteiger partial charge in [-0.2, -0.15) is 13.2 Å². The molecule has 94 valence electrons. The van der Waals surface area contributed by atoms with Crippen LogP contribution < -0.4 is 10.6 Å². The summed E-state index contributed by atoms with van der Waals surface area (Å²) in [5.41, 5.74) is 6.42. The van der Waals surface area contributed by atoms with E-state index in [0.717, 1.165) is 4.90 Å². The van der Waals surface area contributed by atoms with Gasteiger partial charge in [0.1, 0.15) is 6.54 Å². The lowest BCUT2D eigenvalue weighted by molar-refractivity contribution is -0.119. The molecule has 0 fully saturated rings. The number of Topliss-reactive ketones (excluding diaryl/α,β-unsaturated/α-hetero) is 1. The molecule has 1 rings (SSSR count). The molecular weight excluding hydrogens is 233 g/mol. The maximum absolute atomic E-state index is 12.2. The number of benzene rings is 1. The van der Waals surface area contributed by atoms with Crippen LogP contribution in [0.2, 0.25) is 0 Å². The van der Waals surface area contributed by atoms with Crippen LogP contribution in [0.5, 0.6) is 0 Å². The van der Waals surface area contributed by atoms with Crippen LogP contribution in [-0.2, 0) is 0 Å². The van der Waals surface area contributed by atoms with E-state index in [0.29, 0.717) is 11.3 Å². The largest absolute Gasteiger partial charge is 0.405 e. The minimum atomic E-state index is -4.28. The standard InChI is InChI=1S/C11H13F3N2O/c1-7(17)9-4-3-8(5-10(9)15)16(2)6-11(12,13)14/h3-5H,6,15H2,1-2H3. The van der Waals surface area contributed by atoms with E-state index in [-0.39, 0.29) is 11.5 Å². The van der Waals surface area contributed by atoms with Gasteiger partial charge in [-0.25, -0.2) is 0 Å². The maximum Gasteiger partial charge on any atom is 0.405 e. The fraction of sp³-hybridized carbons (Fsp3) is 0.364. The van der Waals surface area contributed by atoms with Crippen molar-refractivity contribution in [3.05, 3.63) is 23.8 Å². The van der Waals surface area contributed by atoms with Crippen LogP contribution in [0.1, 0.15) is 17.3 Å². The molecule has 0 aliphatic carbocycles. The van der Waals surface area contributed by atoms with Crippen molar-refractivity contribution in [1.29, 1.82) is 0 Å². The SMILES string of the molecule is CC(=O)c1ccc(N(C)CC(F)(F)F)cc1N. The maximum atomic E-state index is 12.2. The minimum absolute atomic E-state index is 0.184. The highest BCUT2D eigenvalue weighted by molar-refractivity contribution is 5.99. The topological polar surface area (TPSA) is 46.3 Å². The molecule has 1 aromatic carbocycles. The number of ketones is 1. The van der Waals surface area contributed by atoms with Crippen LogP contribution in [0.15, 0.2) is 18.2 Å². The molecule has 0 aliphatic rings. The number of halogens is 3. The molecule has 0 bridgehead atoms. The van der Waals surface area contributed by atoms with Gasteiger partial charge in [-0.3, -0.25) is 4.79 Å². The van der Waals surface area contributed by atoms with Gasteiger partial charge in [0.05, 0.1) is 0 Å². The Bertz CT molecular complexity index is 429. The molecule has 6 heteroatoms. The van der Waals surface area contributed by atoms with E-state index in [1.165, 1.54) is 32.2 Å². The lowest BCUT2D eigenvalue weighted by atomic mass is 10.1. The molecule has 0 aliphatic heterocycles. The molecule has 0 saturated carbocycles. The van der Waals surface area contributed by atoms with Crippen molar-refractivity contribution in [1.82, 2.24) is 0 Å². The van der Waals surface area contributed by atoms with E-state index in [2.05, 4.69) is 0 Å². The zero-order chi connectivity index (χ0) is 13.2. The lowest BCUT2D eigenvalue weighted by Gasteiger charge is -2.21. The zero-order valence-electron chi connectivity index (χ0n) is 9.51. The van der Waals surface area contributed by atoms with Crippen molar-refractivity contribution < 1.29 is 18.0 Å². The Labute approximate surface area is 97.0 Å². The summed E-state index contributed by atoms with van der Waals surface area (Å²) in [6.07, 6.45) is -4.28. The molecule has 2 N–H and O–H groups in total. The Morgan fingerprint density at radius 1 is 1.41 bits per heavy atom. The molecule has 17 heavy (non-hydrogen) atoms. The second-order valence-corrected chi connectivity index (χ2v) is 3.80. The Balaban J connectivity index is 2.94. The van der Waals surface area contributed by atoms with Crippen molar-refractivity contribution in [3.63, 3.8) is 0 Å². The van der Waals surface area contributed by atoms with Crippen molar-refractivity contribution >= 4 is 17.2 Å². The van der Waals surface area contributed by atoms with Gasteiger partial charge in [0.15, 0.2) is 5.78 Å². The molecule has 0 heterocycles. The summed E-state index contributed by atoms with van der Waals surface area (Å²) < 4.78 is 36.5. The number of carbonyl (C=O) groups is 1. The van der Waals surface area contributed by atoms with Gasteiger partial charge in [0, 0.05) is 24.0 Å². The highest BCUT2D eigenvalue weighted by Gasteiger charge is 2.29. The number of hydrogen-bond donors (Lipinski definition) is 1. The first-order valence-corrected chi connectivity index (χ1v) is 4.89. The monoisotopic (exact) mass is 246 g/mol. The Hall–Kier alpha value is -1.72. The first-order chi connectivity index (χ1) is 7.70. The number of rotatable bonds is 3. The predicted octanol–water partition coefficient (Wildman–Crippen LogP) is 2.47. The lowest BCUT2D eigenvalue weighted by Crippen LogP contribution is -2.30. The van der Waals surface area contributed by atoms with Crippen LogP contribution in [0, 0.1) is 0 Å². The van der Waals surface area contributed by atoms with E-state index in [4.69, 9.17) is 5.73 Å². The fourth-order valence-electron chi connectivity index (χ4n) is 1.47. The summed E-state index contributed by atoms with van der Waals surface area (Å²) in [6.45, 7) is 0.288. The van der Waals surface area contributed by atoms with Gasteiger partial charge in [0.25, 0.3) is 0 Å². The van der Waals surface area contributed by atoms with E-state index in [1.807, 2.05) is 0 Å². The minimum Gasteiger partial charge on any atom is -0.398 e. The third-order valence-electron chi connectivity index (χ3n) is 2.27. The number of alkyl halides is 3. The van der Waals surface area contributed by atoms with Crippen LogP contribution in [-0.4, -0.2) is 25.6 Å². The van der Waals surface area contributed by atoms with Crippen molar-refractivity contribution in [3.8, 4) is 0 Å². The predicted molar refractivity (Wildman–Crippen MR) is 60.2 cm³/mol. The van der Waals surface area contributed by atoms with Crippen LogP contribution in [0.3, 0.4) is 0 Å². The molecule has 3 nitrogen and oxygen atoms in total. The Morgan fingerprint density at radius 3 is 2.41 bits per heavy atom. The number of nitrogens with two attached hydrogens (primary N) is 1. The molecule has 0 atom stereocenters. The summed E-state index contributed by atoms with van der Waals surface area (Å²) in [6, 6.07) is 4.24. The first-order valence-electron chi connectivity index (χ1n) is 4.89. The third kappa shape index (κ3) is 3.65. The van der Waals surface area contributed by atoms with Crippen molar-refractivity contribution in [2.24, 2.45) is 0 Å². The van der Waals surface area contributed by atoms with Crippen LogP contribution in [0.25, 0.3) is 0 Å². The molecule has 1 aromatic rings. The first kappa shape index (κ1) is 13.3. The average molecular weight is 246 g/mol. The summed E-state index contributed by atoms with van der Waals surface area (Å²) in [4.78, 5) is 12.1. The fourth-order valence-corrected chi connectivity index (χ4v) is 1.47. The molecule has 0 radical (unpaired) electrons. The second-order valence-electron chi connectivity index (χ2n) is 3.80. The quantitative estimate of drug-likeness (QED) is 0.658. The molecule has 0 aromatic heterocycles. The summed E-state index contributed by atoms with van der Waals surface area (Å²) in [5, 5.41) is 0. The van der Waals surface area contributed by atoms with Gasteiger partial charge in [0.2, 0.25) is 0 Å². The zero-order valence-corrected chi connectivity index (χ0v) is 9.51. The molecule has 0 unspecified atom stereocenters. The molecular formula is C11H13F3N2O. The van der Waals surface area contributed by atoms with Gasteiger partial charge < -0.3 is 10.6 Å². The number of carbonyl (C=O) groups excluding carboxylic acids is 1. The van der Waals surface area contributed by atoms with Crippen LogP contribution in [0.4, 0.5) is 24.5 Å². The summed E-state index contributed by atoms with van der Waals surface area (Å²) in [5.74, 6) is -0.215. The van der Waals surface area contributed by atoms with Gasteiger partial charge >= 0.3 is 6.18 Å². The highest BCUT2D eigenvalue weighted by atomic mass is 19.4. The number of anilines is 2. The summed E-state index contributed by atoms with van der Waals surface area (Å²) in [7, 11) is 1.32. The van der Waals surface area contributed by atoms with Gasteiger partial charge in [-0.15, -0.1) is 0 Å². The summed E-state index contributed by atoms with van der Waals surface area (Å²) >= 11 is 0. The van der Waals surface area contributed by atoms with Crippen molar-refractivity contribution in [2.45, 2.75) is 13.1 Å². The number of hydrogen-bond acceptors (Lipinski definition) is 3. The van der Waals surface area contributed by atoms with E-state index in [1.54, 1.807) is 0 Å². The van der Waals surface area contributed by atoms with Crippen molar-refractivity contribution in [2.75, 3.05) is 24.2 Å². The van der Waals surface area contributed by atoms with E-state index in [9.17, 15) is 18.0 Å². The molecule has 0 spiro atoms. The van der Waals surface area contributed by atoms with E-state index < -0.39 is 12.7 Å². The Morgan fingerprint density at radius 2 is 2.00 bits per heavy atom. The average Bonchev–Trinajstić information content (AvgIpc) is 2.14. The van der Waals surface area contributed by atoms with E-state index >= 15 is 0 Å². The number of nitrogens with zero attached hydrogens (tertiary/aromatic N) is 1. The highest BCUT2D eigenvalue weighted by Crippen LogP contribution is 2.24. The van der Waals surface area contributed by atoms with Gasteiger partial charge in [-0.1, -0.05) is 0 Å². The molecule has 0 amide bonds. The normalized spacial score (nSPS) is 11.4. The second kappa shape index (κ2) is 4.65. The Kier molecular flexibility index (Phi) is 3.65. The van der Waals surface area contributed by atoms with Gasteiger partial charge in [-0.05, 0) is 25.1 Å². The van der Waals surface area contributed by atoms with Crippen LogP contribution >= 0.6 is 0 Å². The smallest absolute Gasteiger partial charge is 0.398 e. The third-order valence-corrected chi connectivity index (χ3v) is 2.27. The molecule has 0 saturated heterocycles. The number of nitrogen functional groups attached to an aromatic ring is 1.